The number of halogens is 1. The topological polar surface area (TPSA) is 41.3 Å². The van der Waals surface area contributed by atoms with E-state index in [1.807, 2.05) is 73.7 Å². The van der Waals surface area contributed by atoms with E-state index in [1.54, 1.807) is 6.20 Å². The van der Waals surface area contributed by atoms with Gasteiger partial charge in [-0.15, -0.1) is 0 Å². The number of hydrogen-bond acceptors (Lipinski definition) is 3. The van der Waals surface area contributed by atoms with Gasteiger partial charge in [0.1, 0.15) is 17.6 Å². The SMILES string of the molecule is Cc1c(Cl)cccc1-c1ccc([C@@H]2[C@@H](c3ccccn3)NC(=S)N2Cc2ccccc2)o1. The van der Waals surface area contributed by atoms with Crippen molar-refractivity contribution in [3.8, 4) is 11.3 Å². The quantitative estimate of drug-likeness (QED) is 0.346. The lowest BCUT2D eigenvalue weighted by atomic mass is 10.0. The lowest BCUT2D eigenvalue weighted by Crippen LogP contribution is -2.29. The molecule has 1 fully saturated rings. The minimum absolute atomic E-state index is 0.119. The molecular formula is C26H22ClN3OS. The second-order valence-corrected chi connectivity index (χ2v) is 8.65. The average molecular weight is 460 g/mol. The fourth-order valence-electron chi connectivity index (χ4n) is 4.20. The predicted molar refractivity (Wildman–Crippen MR) is 131 cm³/mol. The second kappa shape index (κ2) is 8.77. The molecule has 0 saturated carbocycles. The number of nitrogens with one attached hydrogen (secondary N) is 1. The van der Waals surface area contributed by atoms with Crippen molar-refractivity contribution in [3.05, 3.63) is 113 Å². The molecule has 1 saturated heterocycles. The van der Waals surface area contributed by atoms with E-state index in [-0.39, 0.29) is 12.1 Å². The van der Waals surface area contributed by atoms with Gasteiger partial charge in [-0.3, -0.25) is 4.98 Å². The Morgan fingerprint density at radius 3 is 2.59 bits per heavy atom. The summed E-state index contributed by atoms with van der Waals surface area (Å²) in [7, 11) is 0. The van der Waals surface area contributed by atoms with Crippen LogP contribution in [-0.2, 0) is 6.54 Å². The van der Waals surface area contributed by atoms with Crippen molar-refractivity contribution in [3.63, 3.8) is 0 Å². The molecule has 0 unspecified atom stereocenters. The lowest BCUT2D eigenvalue weighted by Gasteiger charge is -2.26. The Morgan fingerprint density at radius 2 is 1.81 bits per heavy atom. The number of hydrogen-bond donors (Lipinski definition) is 1. The molecule has 160 valence electrons. The van der Waals surface area contributed by atoms with E-state index < -0.39 is 0 Å². The molecule has 0 aliphatic carbocycles. The molecule has 4 nitrogen and oxygen atoms in total. The van der Waals surface area contributed by atoms with Crippen LogP contribution in [-0.4, -0.2) is 15.0 Å². The molecule has 0 spiro atoms. The van der Waals surface area contributed by atoms with Crippen LogP contribution < -0.4 is 5.32 Å². The third-order valence-corrected chi connectivity index (χ3v) is 6.61. The molecule has 0 amide bonds. The molecule has 0 radical (unpaired) electrons. The molecule has 0 bridgehead atoms. The standard InChI is InChI=1S/C26H22ClN3OS/c1-17-19(10-7-11-20(17)27)22-13-14-23(31-22)25-24(21-12-5-6-15-28-21)29-26(32)30(25)16-18-8-3-2-4-9-18/h2-15,24-25H,16H2,1H3,(H,29,32)/t24-,25-/m1/s1. The molecule has 5 rings (SSSR count). The first-order chi connectivity index (χ1) is 15.6. The van der Waals surface area contributed by atoms with E-state index in [0.29, 0.717) is 11.7 Å². The molecule has 2 aromatic carbocycles. The largest absolute Gasteiger partial charge is 0.459 e. The van der Waals surface area contributed by atoms with Crippen LogP contribution in [0.5, 0.6) is 0 Å². The number of thiocarbonyl (C=S) groups is 1. The van der Waals surface area contributed by atoms with E-state index in [0.717, 1.165) is 33.4 Å². The minimum atomic E-state index is -0.133. The Balaban J connectivity index is 1.56. The Kier molecular flexibility index (Phi) is 5.68. The molecule has 4 aromatic rings. The van der Waals surface area contributed by atoms with Gasteiger partial charge in [0, 0.05) is 23.3 Å². The Morgan fingerprint density at radius 1 is 1.00 bits per heavy atom. The van der Waals surface area contributed by atoms with Crippen molar-refractivity contribution in [2.75, 3.05) is 0 Å². The van der Waals surface area contributed by atoms with Gasteiger partial charge in [-0.25, -0.2) is 0 Å². The fourth-order valence-corrected chi connectivity index (χ4v) is 4.68. The fraction of sp³-hybridized carbons (Fsp3) is 0.154. The summed E-state index contributed by atoms with van der Waals surface area (Å²) in [4.78, 5) is 6.77. The van der Waals surface area contributed by atoms with Crippen LogP contribution in [0.2, 0.25) is 5.02 Å². The average Bonchev–Trinajstić information content (AvgIpc) is 3.42. The molecule has 1 aliphatic rings. The van der Waals surface area contributed by atoms with E-state index >= 15 is 0 Å². The normalized spacial score (nSPS) is 18.1. The van der Waals surface area contributed by atoms with Gasteiger partial charge in [0.2, 0.25) is 0 Å². The lowest BCUT2D eigenvalue weighted by molar-refractivity contribution is 0.269. The van der Waals surface area contributed by atoms with Crippen LogP contribution in [0.4, 0.5) is 0 Å². The van der Waals surface area contributed by atoms with Crippen LogP contribution in [0.15, 0.2) is 89.5 Å². The molecule has 1 aliphatic heterocycles. The maximum absolute atomic E-state index is 6.43. The van der Waals surface area contributed by atoms with Gasteiger partial charge in [0.05, 0.1) is 11.7 Å². The maximum Gasteiger partial charge on any atom is 0.170 e. The predicted octanol–water partition coefficient (Wildman–Crippen LogP) is 6.48. The van der Waals surface area contributed by atoms with Crippen LogP contribution in [0.25, 0.3) is 11.3 Å². The first-order valence-corrected chi connectivity index (χ1v) is 11.3. The van der Waals surface area contributed by atoms with Gasteiger partial charge in [0.15, 0.2) is 5.11 Å². The van der Waals surface area contributed by atoms with Gasteiger partial charge in [0.25, 0.3) is 0 Å². The highest BCUT2D eigenvalue weighted by Gasteiger charge is 2.41. The number of nitrogens with zero attached hydrogens (tertiary/aromatic N) is 2. The zero-order valence-corrected chi connectivity index (χ0v) is 19.1. The number of rotatable bonds is 5. The minimum Gasteiger partial charge on any atom is -0.459 e. The van der Waals surface area contributed by atoms with Gasteiger partial charge < -0.3 is 14.6 Å². The molecule has 3 heterocycles. The van der Waals surface area contributed by atoms with Gasteiger partial charge >= 0.3 is 0 Å². The molecule has 2 atom stereocenters. The smallest absolute Gasteiger partial charge is 0.170 e. The molecule has 1 N–H and O–H groups in total. The van der Waals surface area contributed by atoms with Gasteiger partial charge in [-0.05, 0) is 60.6 Å². The third kappa shape index (κ3) is 3.90. The summed E-state index contributed by atoms with van der Waals surface area (Å²) >= 11 is 12.1. The summed E-state index contributed by atoms with van der Waals surface area (Å²) < 4.78 is 6.43. The summed E-state index contributed by atoms with van der Waals surface area (Å²) in [6.45, 7) is 2.68. The van der Waals surface area contributed by atoms with Crippen molar-refractivity contribution >= 4 is 28.9 Å². The summed E-state index contributed by atoms with van der Waals surface area (Å²) in [6, 6.07) is 25.9. The van der Waals surface area contributed by atoms with Crippen molar-refractivity contribution in [2.45, 2.75) is 25.6 Å². The highest BCUT2D eigenvalue weighted by Crippen LogP contribution is 2.41. The summed E-state index contributed by atoms with van der Waals surface area (Å²) in [5, 5.41) is 4.88. The first kappa shape index (κ1) is 20.7. The van der Waals surface area contributed by atoms with Crippen LogP contribution in [0, 0.1) is 6.92 Å². The second-order valence-electron chi connectivity index (χ2n) is 7.85. The number of pyridine rings is 1. The van der Waals surface area contributed by atoms with Crippen molar-refractivity contribution in [1.82, 2.24) is 15.2 Å². The molecule has 32 heavy (non-hydrogen) atoms. The molecule has 2 aromatic heterocycles. The van der Waals surface area contributed by atoms with Crippen molar-refractivity contribution in [2.24, 2.45) is 0 Å². The third-order valence-electron chi connectivity index (χ3n) is 5.84. The van der Waals surface area contributed by atoms with E-state index in [2.05, 4.69) is 27.3 Å². The zero-order valence-electron chi connectivity index (χ0n) is 17.5. The van der Waals surface area contributed by atoms with E-state index in [1.165, 1.54) is 5.56 Å². The van der Waals surface area contributed by atoms with E-state index in [4.69, 9.17) is 28.2 Å². The monoisotopic (exact) mass is 459 g/mol. The van der Waals surface area contributed by atoms with Gasteiger partial charge in [-0.2, -0.15) is 0 Å². The number of aromatic nitrogens is 1. The van der Waals surface area contributed by atoms with Gasteiger partial charge in [-0.1, -0.05) is 60.1 Å². The van der Waals surface area contributed by atoms with Crippen molar-refractivity contribution in [1.29, 1.82) is 0 Å². The van der Waals surface area contributed by atoms with Crippen LogP contribution in [0.1, 0.15) is 34.7 Å². The Hall–Kier alpha value is -3.15. The van der Waals surface area contributed by atoms with Crippen LogP contribution in [0.3, 0.4) is 0 Å². The zero-order chi connectivity index (χ0) is 22.1. The maximum atomic E-state index is 6.43. The highest BCUT2D eigenvalue weighted by atomic mass is 35.5. The summed E-state index contributed by atoms with van der Waals surface area (Å²) in [6.07, 6.45) is 1.81. The Bertz CT molecular complexity index is 1240. The summed E-state index contributed by atoms with van der Waals surface area (Å²) in [5.74, 6) is 1.62. The van der Waals surface area contributed by atoms with Crippen LogP contribution >= 0.6 is 23.8 Å². The number of furan rings is 1. The number of benzene rings is 2. The van der Waals surface area contributed by atoms with E-state index in [9.17, 15) is 0 Å². The first-order valence-electron chi connectivity index (χ1n) is 10.5. The molecular weight excluding hydrogens is 438 g/mol. The van der Waals surface area contributed by atoms with Crippen molar-refractivity contribution < 1.29 is 4.42 Å². The Labute approximate surface area is 197 Å². The molecule has 6 heteroatoms. The highest BCUT2D eigenvalue weighted by molar-refractivity contribution is 7.80. The summed E-state index contributed by atoms with van der Waals surface area (Å²) in [5.41, 5.74) is 4.09.